The molecular weight excluding hydrogens is 289 g/mol. The zero-order chi connectivity index (χ0) is 16.0. The Morgan fingerprint density at radius 1 is 1.29 bits per heavy atom. The third-order valence-corrected chi connectivity index (χ3v) is 2.52. The van der Waals surface area contributed by atoms with E-state index in [1.54, 1.807) is 24.3 Å². The summed E-state index contributed by atoms with van der Waals surface area (Å²) in [7, 11) is 0. The van der Waals surface area contributed by atoms with Gasteiger partial charge in [-0.1, -0.05) is 12.1 Å². The van der Waals surface area contributed by atoms with Crippen LogP contribution in [-0.4, -0.2) is 24.5 Å². The van der Waals surface area contributed by atoms with E-state index in [1.807, 2.05) is 0 Å². The Kier molecular flexibility index (Phi) is 5.30. The number of hydrogen-bond donors (Lipinski definition) is 1. The molecule has 0 amide bonds. The van der Waals surface area contributed by atoms with Crippen LogP contribution in [-0.2, 0) is 20.7 Å². The van der Waals surface area contributed by atoms with E-state index in [9.17, 15) is 22.8 Å². The molecule has 0 aliphatic carbocycles. The summed E-state index contributed by atoms with van der Waals surface area (Å²) in [5.41, 5.74) is 6.75. The van der Waals surface area contributed by atoms with Gasteiger partial charge in [-0.3, -0.25) is 9.59 Å². The first-order valence-electron chi connectivity index (χ1n) is 5.77. The first kappa shape index (κ1) is 16.5. The normalized spacial score (nSPS) is 12.3. The topological polar surface area (TPSA) is 93.2 Å². The zero-order valence-electron chi connectivity index (χ0n) is 10.7. The summed E-state index contributed by atoms with van der Waals surface area (Å²) in [6, 6.07) is 7.55. The van der Waals surface area contributed by atoms with Gasteiger partial charge in [-0.2, -0.15) is 18.4 Å². The molecule has 1 unspecified atom stereocenters. The number of nitrogens with two attached hydrogens (primary N) is 1. The van der Waals surface area contributed by atoms with Gasteiger partial charge in [0.25, 0.3) is 5.78 Å². The minimum Gasteiger partial charge on any atom is -0.464 e. The smallest absolute Gasteiger partial charge is 0.452 e. The number of alkyl halides is 3. The highest BCUT2D eigenvalue weighted by atomic mass is 19.4. The van der Waals surface area contributed by atoms with Gasteiger partial charge in [0.1, 0.15) is 0 Å². The molecule has 1 atom stereocenters. The zero-order valence-corrected chi connectivity index (χ0v) is 10.7. The van der Waals surface area contributed by atoms with Gasteiger partial charge in [0, 0.05) is 12.1 Å². The summed E-state index contributed by atoms with van der Waals surface area (Å²) in [6.07, 6.45) is -5.03. The van der Waals surface area contributed by atoms with Crippen molar-refractivity contribution >= 4 is 17.4 Å². The second kappa shape index (κ2) is 6.74. The molecule has 0 radical (unpaired) electrons. The van der Waals surface area contributed by atoms with E-state index >= 15 is 0 Å². The van der Waals surface area contributed by atoms with E-state index in [4.69, 9.17) is 11.0 Å². The molecule has 21 heavy (non-hydrogen) atoms. The number of esters is 1. The van der Waals surface area contributed by atoms with Crippen LogP contribution in [0.5, 0.6) is 0 Å². The number of anilines is 1. The van der Waals surface area contributed by atoms with Crippen LogP contribution in [0.1, 0.15) is 5.56 Å². The van der Waals surface area contributed by atoms with E-state index < -0.39 is 23.8 Å². The predicted molar refractivity (Wildman–Crippen MR) is 65.7 cm³/mol. The van der Waals surface area contributed by atoms with Crippen LogP contribution >= 0.6 is 0 Å². The van der Waals surface area contributed by atoms with Crippen LogP contribution < -0.4 is 5.73 Å². The number of ether oxygens (including phenoxy) is 1. The van der Waals surface area contributed by atoms with Crippen molar-refractivity contribution in [2.75, 3.05) is 12.3 Å². The summed E-state index contributed by atoms with van der Waals surface area (Å²) in [4.78, 5) is 22.2. The number of benzene rings is 1. The van der Waals surface area contributed by atoms with E-state index in [0.717, 1.165) is 11.6 Å². The van der Waals surface area contributed by atoms with Crippen LogP contribution in [0, 0.1) is 17.2 Å². The van der Waals surface area contributed by atoms with E-state index in [-0.39, 0.29) is 13.0 Å². The molecule has 2 N–H and O–H groups in total. The minimum atomic E-state index is -5.25. The monoisotopic (exact) mass is 300 g/mol. The molecule has 5 nitrogen and oxygen atoms in total. The Labute approximate surface area is 118 Å². The lowest BCUT2D eigenvalue weighted by Gasteiger charge is -2.10. The predicted octanol–water partition coefficient (Wildman–Crippen LogP) is 1.63. The fourth-order valence-corrected chi connectivity index (χ4v) is 1.42. The molecule has 0 aliphatic rings. The van der Waals surface area contributed by atoms with E-state index in [1.165, 1.54) is 0 Å². The molecule has 1 rings (SSSR count). The van der Waals surface area contributed by atoms with Gasteiger partial charge in [0.05, 0.1) is 12.7 Å². The largest absolute Gasteiger partial charge is 0.464 e. The highest BCUT2D eigenvalue weighted by Crippen LogP contribution is 2.21. The molecule has 0 aromatic heterocycles. The molecule has 0 heterocycles. The molecular formula is C13H11F3N2O3. The summed E-state index contributed by atoms with van der Waals surface area (Å²) < 4.78 is 41.0. The maximum Gasteiger partial charge on any atom is 0.452 e. The number of carbonyl (C=O) groups is 2. The average molecular weight is 300 g/mol. The number of carbonyl (C=O) groups excluding carboxylic acids is 2. The highest BCUT2D eigenvalue weighted by Gasteiger charge is 2.47. The first-order valence-corrected chi connectivity index (χ1v) is 5.77. The van der Waals surface area contributed by atoms with Gasteiger partial charge in [0.15, 0.2) is 0 Å². The van der Waals surface area contributed by atoms with Crippen molar-refractivity contribution < 1.29 is 27.5 Å². The van der Waals surface area contributed by atoms with Gasteiger partial charge in [-0.05, 0) is 17.7 Å². The van der Waals surface area contributed by atoms with Crippen molar-refractivity contribution in [2.45, 2.75) is 12.6 Å². The van der Waals surface area contributed by atoms with Gasteiger partial charge >= 0.3 is 12.1 Å². The maximum absolute atomic E-state index is 12.2. The first-order chi connectivity index (χ1) is 9.75. The van der Waals surface area contributed by atoms with Crippen molar-refractivity contribution in [2.24, 2.45) is 5.92 Å². The molecule has 1 aromatic carbocycles. The molecule has 112 valence electrons. The maximum atomic E-state index is 12.2. The number of ketones is 1. The lowest BCUT2D eigenvalue weighted by molar-refractivity contribution is -0.178. The van der Waals surface area contributed by atoms with Crippen LogP contribution in [0.4, 0.5) is 18.9 Å². The van der Waals surface area contributed by atoms with Gasteiger partial charge in [0.2, 0.25) is 5.92 Å². The fraction of sp³-hybridized carbons (Fsp3) is 0.308. The number of nitrogen functional groups attached to an aromatic ring is 1. The number of hydrogen-bond acceptors (Lipinski definition) is 5. The number of nitriles is 1. The minimum absolute atomic E-state index is 0.227. The van der Waals surface area contributed by atoms with Crippen molar-refractivity contribution in [1.82, 2.24) is 0 Å². The van der Waals surface area contributed by atoms with Crippen LogP contribution in [0.3, 0.4) is 0 Å². The summed E-state index contributed by atoms with van der Waals surface area (Å²) in [5.74, 6) is -6.42. The summed E-state index contributed by atoms with van der Waals surface area (Å²) in [6.45, 7) is -0.244. The summed E-state index contributed by atoms with van der Waals surface area (Å²) >= 11 is 0. The number of halogens is 3. The van der Waals surface area contributed by atoms with Crippen molar-refractivity contribution in [1.29, 1.82) is 5.26 Å². The molecule has 0 saturated heterocycles. The van der Waals surface area contributed by atoms with Crippen molar-refractivity contribution in [3.8, 4) is 6.07 Å². The highest BCUT2D eigenvalue weighted by molar-refractivity contribution is 6.04. The molecule has 0 aliphatic heterocycles. The standard InChI is InChI=1S/C13H11F3N2O3/c14-13(15,16)11(19)10(7-17)12(20)21-6-5-8-1-3-9(18)4-2-8/h1-4,10H,5-6,18H2. The second-order valence-corrected chi connectivity index (χ2v) is 4.08. The van der Waals surface area contributed by atoms with Crippen molar-refractivity contribution in [3.63, 3.8) is 0 Å². The van der Waals surface area contributed by atoms with Crippen LogP contribution in [0.2, 0.25) is 0 Å². The molecule has 1 aromatic rings. The van der Waals surface area contributed by atoms with Crippen molar-refractivity contribution in [3.05, 3.63) is 29.8 Å². The molecule has 0 bridgehead atoms. The molecule has 8 heteroatoms. The lowest BCUT2D eigenvalue weighted by atomic mass is 10.1. The fourth-order valence-electron chi connectivity index (χ4n) is 1.42. The van der Waals surface area contributed by atoms with E-state index in [2.05, 4.69) is 4.74 Å². The van der Waals surface area contributed by atoms with E-state index in [0.29, 0.717) is 5.69 Å². The lowest BCUT2D eigenvalue weighted by Crippen LogP contribution is -2.35. The summed E-state index contributed by atoms with van der Waals surface area (Å²) in [5, 5.41) is 8.49. The SMILES string of the molecule is N#CC(C(=O)OCCc1ccc(N)cc1)C(=O)C(F)(F)F. The molecule has 0 saturated carbocycles. The van der Waals surface area contributed by atoms with Gasteiger partial charge < -0.3 is 10.5 Å². The van der Waals surface area contributed by atoms with Crippen LogP contribution in [0.25, 0.3) is 0 Å². The Morgan fingerprint density at radius 2 is 1.86 bits per heavy atom. The Hall–Kier alpha value is -2.56. The van der Waals surface area contributed by atoms with Gasteiger partial charge in [-0.25, -0.2) is 0 Å². The number of rotatable bonds is 5. The second-order valence-electron chi connectivity index (χ2n) is 4.08. The quantitative estimate of drug-likeness (QED) is 0.507. The third-order valence-electron chi connectivity index (χ3n) is 2.52. The Bertz CT molecular complexity index is 562. The Morgan fingerprint density at radius 3 is 2.33 bits per heavy atom. The number of Topliss-reactive ketones (excluding diaryl/α,β-unsaturated/α-hetero) is 1. The molecule has 0 fully saturated rings. The number of nitrogens with zero attached hydrogens (tertiary/aromatic N) is 1. The molecule has 0 spiro atoms. The average Bonchev–Trinajstić information content (AvgIpc) is 2.40. The third kappa shape index (κ3) is 4.80. The Balaban J connectivity index is 2.54. The van der Waals surface area contributed by atoms with Crippen LogP contribution in [0.15, 0.2) is 24.3 Å². The van der Waals surface area contributed by atoms with Gasteiger partial charge in [-0.15, -0.1) is 0 Å².